The molecule has 1 N–H and O–H groups in total. The topological polar surface area (TPSA) is 49.8 Å². The molecule has 1 unspecified atom stereocenters. The van der Waals surface area contributed by atoms with Crippen LogP contribution in [0.25, 0.3) is 0 Å². The molecule has 0 aromatic heterocycles. The van der Waals surface area contributed by atoms with Crippen molar-refractivity contribution >= 4 is 5.91 Å². The van der Waals surface area contributed by atoms with Gasteiger partial charge in [0.15, 0.2) is 0 Å². The van der Waals surface area contributed by atoms with Gasteiger partial charge in [-0.05, 0) is 19.1 Å². The van der Waals surface area contributed by atoms with Crippen LogP contribution in [0.2, 0.25) is 0 Å². The normalized spacial score (nSPS) is 20.4. The van der Waals surface area contributed by atoms with Crippen LogP contribution in [0.1, 0.15) is 17.3 Å². The molecule has 1 heterocycles. The minimum absolute atomic E-state index is 0.116. The van der Waals surface area contributed by atoms with Crippen molar-refractivity contribution in [1.82, 2.24) is 4.90 Å². The van der Waals surface area contributed by atoms with Crippen molar-refractivity contribution in [2.75, 3.05) is 19.8 Å². The molecule has 1 aliphatic rings. The van der Waals surface area contributed by atoms with Gasteiger partial charge in [-0.2, -0.15) is 0 Å². The van der Waals surface area contributed by atoms with E-state index in [-0.39, 0.29) is 17.4 Å². The monoisotopic (exact) mass is 239 g/mol. The van der Waals surface area contributed by atoms with Gasteiger partial charge in [0.1, 0.15) is 17.1 Å². The molecular formula is C12H14FNO3. The highest BCUT2D eigenvalue weighted by Gasteiger charge is 2.28. The van der Waals surface area contributed by atoms with Crippen LogP contribution in [-0.4, -0.2) is 41.7 Å². The van der Waals surface area contributed by atoms with Crippen molar-refractivity contribution in [2.24, 2.45) is 0 Å². The highest BCUT2D eigenvalue weighted by atomic mass is 19.1. The summed E-state index contributed by atoms with van der Waals surface area (Å²) in [6.45, 7) is 3.11. The Labute approximate surface area is 98.6 Å². The van der Waals surface area contributed by atoms with Crippen molar-refractivity contribution in [3.63, 3.8) is 0 Å². The number of ether oxygens (including phenoxy) is 1. The van der Waals surface area contributed by atoms with Gasteiger partial charge in [0.05, 0.1) is 19.3 Å². The zero-order valence-corrected chi connectivity index (χ0v) is 9.52. The molecular weight excluding hydrogens is 225 g/mol. The lowest BCUT2D eigenvalue weighted by Gasteiger charge is -2.33. The Balaban J connectivity index is 2.30. The molecule has 1 saturated heterocycles. The fourth-order valence-corrected chi connectivity index (χ4v) is 1.90. The van der Waals surface area contributed by atoms with E-state index < -0.39 is 11.7 Å². The van der Waals surface area contributed by atoms with Crippen LogP contribution in [0.15, 0.2) is 18.2 Å². The van der Waals surface area contributed by atoms with Crippen LogP contribution in [0.5, 0.6) is 5.75 Å². The van der Waals surface area contributed by atoms with Crippen molar-refractivity contribution in [3.05, 3.63) is 29.6 Å². The van der Waals surface area contributed by atoms with E-state index in [4.69, 9.17) is 4.74 Å². The number of aromatic hydroxyl groups is 1. The number of phenolic OH excluding ortho intramolecular Hbond substituents is 1. The third-order valence-electron chi connectivity index (χ3n) is 2.83. The predicted molar refractivity (Wildman–Crippen MR) is 59.4 cm³/mol. The Hall–Kier alpha value is -1.62. The molecule has 1 aromatic carbocycles. The van der Waals surface area contributed by atoms with E-state index in [1.54, 1.807) is 0 Å². The number of hydrogen-bond acceptors (Lipinski definition) is 3. The van der Waals surface area contributed by atoms with E-state index in [0.717, 1.165) is 6.07 Å². The second-order valence-corrected chi connectivity index (χ2v) is 4.06. The predicted octanol–water partition coefficient (Wildman–Crippen LogP) is 1.39. The molecule has 0 bridgehead atoms. The molecule has 0 spiro atoms. The Morgan fingerprint density at radius 3 is 3.00 bits per heavy atom. The van der Waals surface area contributed by atoms with E-state index in [2.05, 4.69) is 0 Å². The van der Waals surface area contributed by atoms with E-state index in [1.165, 1.54) is 17.0 Å². The summed E-state index contributed by atoms with van der Waals surface area (Å²) in [6.07, 6.45) is 0. The quantitative estimate of drug-likeness (QED) is 0.805. The third-order valence-corrected chi connectivity index (χ3v) is 2.83. The average Bonchev–Trinajstić information content (AvgIpc) is 2.29. The number of rotatable bonds is 1. The molecule has 4 nitrogen and oxygen atoms in total. The molecule has 0 saturated carbocycles. The molecule has 1 amide bonds. The first kappa shape index (κ1) is 11.9. The zero-order chi connectivity index (χ0) is 12.4. The number of benzene rings is 1. The first-order valence-corrected chi connectivity index (χ1v) is 5.47. The van der Waals surface area contributed by atoms with E-state index >= 15 is 0 Å². The van der Waals surface area contributed by atoms with Crippen LogP contribution in [0.3, 0.4) is 0 Å². The van der Waals surface area contributed by atoms with Gasteiger partial charge >= 0.3 is 0 Å². The molecule has 92 valence electrons. The van der Waals surface area contributed by atoms with Crippen molar-refractivity contribution in [1.29, 1.82) is 0 Å². The minimum atomic E-state index is -0.700. The van der Waals surface area contributed by atoms with Gasteiger partial charge in [-0.3, -0.25) is 4.79 Å². The second-order valence-electron chi connectivity index (χ2n) is 4.06. The summed E-state index contributed by atoms with van der Waals surface area (Å²) in [7, 11) is 0. The lowest BCUT2D eigenvalue weighted by atomic mass is 10.1. The minimum Gasteiger partial charge on any atom is -0.507 e. The maximum absolute atomic E-state index is 13.5. The molecule has 17 heavy (non-hydrogen) atoms. The number of halogens is 1. The van der Waals surface area contributed by atoms with Crippen LogP contribution < -0.4 is 0 Å². The average molecular weight is 239 g/mol. The lowest BCUT2D eigenvalue weighted by molar-refractivity contribution is 0.00319. The van der Waals surface area contributed by atoms with Crippen LogP contribution in [0, 0.1) is 5.82 Å². The summed E-state index contributed by atoms with van der Waals surface area (Å²) < 4.78 is 18.8. The maximum Gasteiger partial charge on any atom is 0.261 e. The second kappa shape index (κ2) is 4.71. The van der Waals surface area contributed by atoms with Gasteiger partial charge in [0.25, 0.3) is 5.91 Å². The Morgan fingerprint density at radius 1 is 1.59 bits per heavy atom. The molecule has 1 atom stereocenters. The summed E-state index contributed by atoms with van der Waals surface area (Å²) >= 11 is 0. The largest absolute Gasteiger partial charge is 0.507 e. The summed E-state index contributed by atoms with van der Waals surface area (Å²) in [5, 5.41) is 9.56. The number of amides is 1. The molecule has 1 fully saturated rings. The zero-order valence-electron chi connectivity index (χ0n) is 9.52. The molecule has 0 radical (unpaired) electrons. The Kier molecular flexibility index (Phi) is 3.28. The van der Waals surface area contributed by atoms with Crippen LogP contribution in [0.4, 0.5) is 4.39 Å². The fourth-order valence-electron chi connectivity index (χ4n) is 1.90. The standard InChI is InChI=1S/C12H14FNO3/c1-8-7-17-6-5-14(8)12(16)11-9(13)3-2-4-10(11)15/h2-4,8,15H,5-7H2,1H3. The molecule has 0 aliphatic carbocycles. The number of carbonyl (C=O) groups excluding carboxylic acids is 1. The summed E-state index contributed by atoms with van der Waals surface area (Å²) in [4.78, 5) is 13.6. The van der Waals surface area contributed by atoms with Gasteiger partial charge in [0, 0.05) is 6.54 Å². The Morgan fingerprint density at radius 2 is 2.35 bits per heavy atom. The van der Waals surface area contributed by atoms with Gasteiger partial charge in [-0.1, -0.05) is 6.07 Å². The smallest absolute Gasteiger partial charge is 0.261 e. The first-order valence-electron chi connectivity index (χ1n) is 5.47. The first-order chi connectivity index (χ1) is 8.11. The number of morpholine rings is 1. The van der Waals surface area contributed by atoms with E-state index in [0.29, 0.717) is 19.8 Å². The van der Waals surface area contributed by atoms with E-state index in [1.807, 2.05) is 6.92 Å². The highest BCUT2D eigenvalue weighted by Crippen LogP contribution is 2.23. The third kappa shape index (κ3) is 2.24. The van der Waals surface area contributed by atoms with Crippen LogP contribution >= 0.6 is 0 Å². The Bertz CT molecular complexity index is 416. The summed E-state index contributed by atoms with van der Waals surface area (Å²) in [5.41, 5.74) is -0.263. The van der Waals surface area contributed by atoms with Gasteiger partial charge in [0.2, 0.25) is 0 Å². The van der Waals surface area contributed by atoms with Gasteiger partial charge in [-0.25, -0.2) is 4.39 Å². The maximum atomic E-state index is 13.5. The van der Waals surface area contributed by atoms with Crippen molar-refractivity contribution < 1.29 is 19.0 Å². The van der Waals surface area contributed by atoms with E-state index in [9.17, 15) is 14.3 Å². The molecule has 1 aromatic rings. The number of hydrogen-bond donors (Lipinski definition) is 1. The molecule has 5 heteroatoms. The number of nitrogens with zero attached hydrogens (tertiary/aromatic N) is 1. The lowest BCUT2D eigenvalue weighted by Crippen LogP contribution is -2.47. The van der Waals surface area contributed by atoms with Crippen molar-refractivity contribution in [2.45, 2.75) is 13.0 Å². The SMILES string of the molecule is CC1COCCN1C(=O)c1c(O)cccc1F. The van der Waals surface area contributed by atoms with Crippen molar-refractivity contribution in [3.8, 4) is 5.75 Å². The highest BCUT2D eigenvalue weighted by molar-refractivity contribution is 5.97. The van der Waals surface area contributed by atoms with Gasteiger partial charge < -0.3 is 14.7 Å². The van der Waals surface area contributed by atoms with Crippen LogP contribution in [-0.2, 0) is 4.74 Å². The summed E-state index contributed by atoms with van der Waals surface area (Å²) in [5.74, 6) is -1.52. The molecule has 1 aliphatic heterocycles. The number of carbonyl (C=O) groups is 1. The molecule has 2 rings (SSSR count). The van der Waals surface area contributed by atoms with Gasteiger partial charge in [-0.15, -0.1) is 0 Å². The summed E-state index contributed by atoms with van der Waals surface area (Å²) in [6, 6.07) is 3.72. The number of phenols is 1. The fraction of sp³-hybridized carbons (Fsp3) is 0.417.